The van der Waals surface area contributed by atoms with E-state index in [0.717, 1.165) is 36.0 Å². The summed E-state index contributed by atoms with van der Waals surface area (Å²) in [7, 11) is 0. The van der Waals surface area contributed by atoms with Crippen molar-refractivity contribution in [3.05, 3.63) is 87.4 Å². The molecule has 2 aromatic carbocycles. The van der Waals surface area contributed by atoms with Gasteiger partial charge < -0.3 is 14.4 Å². The van der Waals surface area contributed by atoms with Crippen LogP contribution >= 0.6 is 15.9 Å². The van der Waals surface area contributed by atoms with Crippen LogP contribution in [0.3, 0.4) is 0 Å². The summed E-state index contributed by atoms with van der Waals surface area (Å²) in [6.45, 7) is 6.61. The van der Waals surface area contributed by atoms with Crippen LogP contribution in [0, 0.1) is 0 Å². The SMILES string of the molecule is CC(C)(C)OC(=O)N1CCC[C@H]1C1=CC=C(c2ccc(Br)c(C(=O)OCc3ccccc3)c2)C1. The van der Waals surface area contributed by atoms with Gasteiger partial charge in [-0.25, -0.2) is 9.59 Å². The molecule has 4 rings (SSSR count). The van der Waals surface area contributed by atoms with Gasteiger partial charge in [0.05, 0.1) is 11.6 Å². The number of allylic oxidation sites excluding steroid dienone is 3. The number of esters is 1. The molecule has 178 valence electrons. The Morgan fingerprint density at radius 2 is 1.85 bits per heavy atom. The summed E-state index contributed by atoms with van der Waals surface area (Å²) >= 11 is 3.49. The number of carbonyl (C=O) groups is 2. The Balaban J connectivity index is 1.42. The number of hydrogen-bond acceptors (Lipinski definition) is 4. The first-order valence-corrected chi connectivity index (χ1v) is 12.4. The molecule has 0 radical (unpaired) electrons. The number of amides is 1. The zero-order valence-electron chi connectivity index (χ0n) is 19.8. The molecular weight excluding hydrogens is 494 g/mol. The minimum Gasteiger partial charge on any atom is -0.457 e. The number of rotatable bonds is 5. The molecule has 0 bridgehead atoms. The highest BCUT2D eigenvalue weighted by atomic mass is 79.9. The van der Waals surface area contributed by atoms with Crippen molar-refractivity contribution in [2.24, 2.45) is 0 Å². The summed E-state index contributed by atoms with van der Waals surface area (Å²) < 4.78 is 11.9. The Labute approximate surface area is 209 Å². The van der Waals surface area contributed by atoms with Gasteiger partial charge in [-0.1, -0.05) is 48.6 Å². The van der Waals surface area contributed by atoms with Crippen LogP contribution in [0.15, 0.2) is 70.7 Å². The van der Waals surface area contributed by atoms with Crippen molar-refractivity contribution >= 4 is 33.6 Å². The summed E-state index contributed by atoms with van der Waals surface area (Å²) in [5.41, 5.74) is 4.23. The largest absolute Gasteiger partial charge is 0.457 e. The molecule has 1 aliphatic heterocycles. The second-order valence-corrected chi connectivity index (χ2v) is 10.6. The lowest BCUT2D eigenvalue weighted by Gasteiger charge is -2.29. The summed E-state index contributed by atoms with van der Waals surface area (Å²) in [6.07, 6.45) is 6.58. The standard InChI is InChI=1S/C28H30BrNO4/c1-28(2,3)34-27(32)30-15-7-10-25(30)22-12-11-20(16-22)21-13-14-24(29)23(17-21)26(31)33-18-19-8-5-4-6-9-19/h4-6,8-9,11-14,17,25H,7,10,15-16,18H2,1-3H3/t25-/m0/s1. The van der Waals surface area contributed by atoms with Gasteiger partial charge in [0.15, 0.2) is 0 Å². The fraction of sp³-hybridized carbons (Fsp3) is 0.357. The Kier molecular flexibility index (Phi) is 7.27. The highest BCUT2D eigenvalue weighted by Gasteiger charge is 2.35. The summed E-state index contributed by atoms with van der Waals surface area (Å²) in [5, 5.41) is 0. The molecule has 2 aliphatic rings. The van der Waals surface area contributed by atoms with Gasteiger partial charge in [-0.05, 0) is 90.4 Å². The van der Waals surface area contributed by atoms with Gasteiger partial charge in [0.1, 0.15) is 12.2 Å². The number of halogens is 1. The predicted octanol–water partition coefficient (Wildman–Crippen LogP) is 6.92. The molecule has 1 atom stereocenters. The van der Waals surface area contributed by atoms with Gasteiger partial charge in [0.2, 0.25) is 0 Å². The molecule has 1 amide bonds. The maximum Gasteiger partial charge on any atom is 0.410 e. The number of likely N-dealkylation sites (tertiary alicyclic amines) is 1. The minimum atomic E-state index is -0.513. The van der Waals surface area contributed by atoms with Crippen LogP contribution in [0.2, 0.25) is 0 Å². The van der Waals surface area contributed by atoms with Gasteiger partial charge in [0, 0.05) is 11.0 Å². The topological polar surface area (TPSA) is 55.8 Å². The zero-order chi connectivity index (χ0) is 24.3. The highest BCUT2D eigenvalue weighted by molar-refractivity contribution is 9.10. The van der Waals surface area contributed by atoms with E-state index in [0.29, 0.717) is 16.6 Å². The van der Waals surface area contributed by atoms with Crippen LogP contribution in [0.1, 0.15) is 61.5 Å². The third-order valence-electron chi connectivity index (χ3n) is 5.97. The lowest BCUT2D eigenvalue weighted by molar-refractivity contribution is 0.0248. The molecule has 2 aromatic rings. The summed E-state index contributed by atoms with van der Waals surface area (Å²) in [4.78, 5) is 27.3. The van der Waals surface area contributed by atoms with Crippen LogP contribution in [0.4, 0.5) is 4.79 Å². The monoisotopic (exact) mass is 523 g/mol. The normalized spacial score (nSPS) is 17.9. The summed E-state index contributed by atoms with van der Waals surface area (Å²) in [6, 6.07) is 15.4. The quantitative estimate of drug-likeness (QED) is 0.399. The Bertz CT molecular complexity index is 1130. The lowest BCUT2D eigenvalue weighted by Crippen LogP contribution is -2.40. The van der Waals surface area contributed by atoms with Crippen LogP contribution in [-0.4, -0.2) is 35.2 Å². The molecule has 0 N–H and O–H groups in total. The molecule has 6 heteroatoms. The van der Waals surface area contributed by atoms with Gasteiger partial charge in [-0.15, -0.1) is 0 Å². The van der Waals surface area contributed by atoms with E-state index in [-0.39, 0.29) is 24.7 Å². The highest BCUT2D eigenvalue weighted by Crippen LogP contribution is 2.37. The number of hydrogen-bond donors (Lipinski definition) is 0. The van der Waals surface area contributed by atoms with E-state index in [1.165, 1.54) is 5.57 Å². The third-order valence-corrected chi connectivity index (χ3v) is 6.66. The van der Waals surface area contributed by atoms with Crippen LogP contribution in [0.25, 0.3) is 5.57 Å². The first-order valence-electron chi connectivity index (χ1n) is 11.6. The van der Waals surface area contributed by atoms with Crippen molar-refractivity contribution in [3.63, 3.8) is 0 Å². The van der Waals surface area contributed by atoms with E-state index in [9.17, 15) is 9.59 Å². The molecule has 0 unspecified atom stereocenters. The van der Waals surface area contributed by atoms with Crippen molar-refractivity contribution in [3.8, 4) is 0 Å². The van der Waals surface area contributed by atoms with Gasteiger partial charge >= 0.3 is 12.1 Å². The van der Waals surface area contributed by atoms with Gasteiger partial charge in [0.25, 0.3) is 0 Å². The molecule has 1 fully saturated rings. The molecular formula is C28H30BrNO4. The Morgan fingerprint density at radius 3 is 2.59 bits per heavy atom. The third kappa shape index (κ3) is 5.79. The Morgan fingerprint density at radius 1 is 1.09 bits per heavy atom. The second-order valence-electron chi connectivity index (χ2n) is 9.70. The molecule has 1 heterocycles. The molecule has 0 saturated carbocycles. The lowest BCUT2D eigenvalue weighted by atomic mass is 9.97. The fourth-order valence-electron chi connectivity index (χ4n) is 4.35. The van der Waals surface area contributed by atoms with Gasteiger partial charge in [-0.2, -0.15) is 0 Å². The number of benzene rings is 2. The maximum absolute atomic E-state index is 12.8. The van der Waals surface area contributed by atoms with E-state index in [1.807, 2.05) is 74.2 Å². The smallest absolute Gasteiger partial charge is 0.410 e. The molecule has 0 spiro atoms. The number of ether oxygens (including phenoxy) is 2. The molecule has 1 saturated heterocycles. The average molecular weight is 524 g/mol. The van der Waals surface area contributed by atoms with Gasteiger partial charge in [-0.3, -0.25) is 0 Å². The fourth-order valence-corrected chi connectivity index (χ4v) is 4.75. The van der Waals surface area contributed by atoms with Crippen LogP contribution in [0.5, 0.6) is 0 Å². The van der Waals surface area contributed by atoms with E-state index in [2.05, 4.69) is 28.1 Å². The van der Waals surface area contributed by atoms with Crippen molar-refractivity contribution in [2.75, 3.05) is 6.54 Å². The molecule has 0 aromatic heterocycles. The predicted molar refractivity (Wildman–Crippen MR) is 136 cm³/mol. The molecule has 34 heavy (non-hydrogen) atoms. The molecule has 1 aliphatic carbocycles. The average Bonchev–Trinajstić information content (AvgIpc) is 3.47. The maximum atomic E-state index is 12.8. The summed E-state index contributed by atoms with van der Waals surface area (Å²) in [5.74, 6) is -0.365. The molecule has 5 nitrogen and oxygen atoms in total. The minimum absolute atomic E-state index is 0.0503. The van der Waals surface area contributed by atoms with Crippen LogP contribution in [-0.2, 0) is 16.1 Å². The zero-order valence-corrected chi connectivity index (χ0v) is 21.4. The van der Waals surface area contributed by atoms with E-state index in [1.54, 1.807) is 0 Å². The Hall–Kier alpha value is -2.86. The van der Waals surface area contributed by atoms with Crippen molar-refractivity contribution in [1.82, 2.24) is 4.90 Å². The second kappa shape index (κ2) is 10.2. The van der Waals surface area contributed by atoms with Crippen molar-refractivity contribution < 1.29 is 19.1 Å². The number of nitrogens with zero attached hydrogens (tertiary/aromatic N) is 1. The van der Waals surface area contributed by atoms with Crippen molar-refractivity contribution in [2.45, 2.75) is 58.3 Å². The van der Waals surface area contributed by atoms with E-state index >= 15 is 0 Å². The van der Waals surface area contributed by atoms with E-state index in [4.69, 9.17) is 9.47 Å². The first-order chi connectivity index (χ1) is 16.2. The first kappa shape index (κ1) is 24.3. The van der Waals surface area contributed by atoms with Crippen LogP contribution < -0.4 is 0 Å². The number of carbonyl (C=O) groups excluding carboxylic acids is 2. The van der Waals surface area contributed by atoms with E-state index < -0.39 is 5.60 Å². The van der Waals surface area contributed by atoms with Crippen molar-refractivity contribution in [1.29, 1.82) is 0 Å².